The van der Waals surface area contributed by atoms with E-state index in [0.29, 0.717) is 0 Å². The van der Waals surface area contributed by atoms with Gasteiger partial charge < -0.3 is 19.7 Å². The minimum absolute atomic E-state index is 0.190. The highest BCUT2D eigenvalue weighted by Crippen LogP contribution is 2.07. The van der Waals surface area contributed by atoms with Gasteiger partial charge in [0, 0.05) is 0 Å². The van der Waals surface area contributed by atoms with Gasteiger partial charge in [-0.3, -0.25) is 0 Å². The third kappa shape index (κ3) is 10.6. The third-order valence-corrected chi connectivity index (χ3v) is 1.77. The molecule has 0 saturated heterocycles. The van der Waals surface area contributed by atoms with Gasteiger partial charge in [0.15, 0.2) is 0 Å². The Bertz CT molecular complexity index is 460. The average molecular weight is 306 g/mol. The van der Waals surface area contributed by atoms with E-state index in [4.69, 9.17) is 10.2 Å². The number of ether oxygens (including phenoxy) is 2. The van der Waals surface area contributed by atoms with Crippen LogP contribution in [0.5, 0.6) is 0 Å². The van der Waals surface area contributed by atoms with E-state index in [1.54, 1.807) is 0 Å². The zero-order valence-corrected chi connectivity index (χ0v) is 12.0. The summed E-state index contributed by atoms with van der Waals surface area (Å²) in [6.45, 7) is 13.0. The fourth-order valence-electron chi connectivity index (χ4n) is 0.992. The van der Waals surface area contributed by atoms with Crippen LogP contribution in [0.1, 0.15) is 20.7 Å². The highest BCUT2D eigenvalue weighted by molar-refractivity contribution is 6.01. The van der Waals surface area contributed by atoms with Gasteiger partial charge in [-0.1, -0.05) is 38.4 Å². The van der Waals surface area contributed by atoms with E-state index in [2.05, 4.69) is 35.8 Å². The van der Waals surface area contributed by atoms with Crippen molar-refractivity contribution in [2.24, 2.45) is 0 Å². The van der Waals surface area contributed by atoms with Gasteiger partial charge in [-0.2, -0.15) is 0 Å². The molecule has 0 heterocycles. The quantitative estimate of drug-likeness (QED) is 0.779. The molecule has 0 atom stereocenters. The van der Waals surface area contributed by atoms with Gasteiger partial charge in [-0.25, -0.2) is 9.59 Å². The maximum Gasteiger partial charge on any atom is 0.336 e. The minimum Gasteiger partial charge on any atom is -0.478 e. The lowest BCUT2D eigenvalue weighted by atomic mass is 10.1. The largest absolute Gasteiger partial charge is 0.478 e. The number of aromatic carboxylic acids is 2. The van der Waals surface area contributed by atoms with Crippen molar-refractivity contribution >= 4 is 11.9 Å². The molecule has 22 heavy (non-hydrogen) atoms. The van der Waals surface area contributed by atoms with Crippen molar-refractivity contribution in [2.45, 2.75) is 0 Å². The molecular formula is C16H18O6. The van der Waals surface area contributed by atoms with E-state index < -0.39 is 11.9 Å². The Hall–Kier alpha value is -3.28. The van der Waals surface area contributed by atoms with Crippen molar-refractivity contribution in [1.29, 1.82) is 0 Å². The van der Waals surface area contributed by atoms with Gasteiger partial charge in [0.05, 0.1) is 36.2 Å². The Morgan fingerprint density at radius 1 is 0.773 bits per heavy atom. The second-order valence-electron chi connectivity index (χ2n) is 3.09. The molecule has 0 bridgehead atoms. The smallest absolute Gasteiger partial charge is 0.336 e. The van der Waals surface area contributed by atoms with Crippen LogP contribution in [0.4, 0.5) is 0 Å². The van der Waals surface area contributed by atoms with E-state index in [1.165, 1.54) is 49.3 Å². The molecular weight excluding hydrogens is 288 g/mol. The van der Waals surface area contributed by atoms with Crippen LogP contribution >= 0.6 is 0 Å². The van der Waals surface area contributed by atoms with Crippen LogP contribution in [-0.2, 0) is 9.47 Å². The summed E-state index contributed by atoms with van der Waals surface area (Å²) < 4.78 is 8.72. The second-order valence-corrected chi connectivity index (χ2v) is 3.09. The number of carboxylic acid groups (broad SMARTS) is 2. The van der Waals surface area contributed by atoms with Gasteiger partial charge in [0.1, 0.15) is 0 Å². The Morgan fingerprint density at radius 2 is 1.05 bits per heavy atom. The molecule has 0 fully saturated rings. The molecule has 0 unspecified atom stereocenters. The van der Waals surface area contributed by atoms with Crippen molar-refractivity contribution < 1.29 is 29.3 Å². The van der Waals surface area contributed by atoms with Crippen molar-refractivity contribution in [3.8, 4) is 0 Å². The molecule has 0 saturated carbocycles. The fourth-order valence-corrected chi connectivity index (χ4v) is 0.992. The molecule has 0 radical (unpaired) electrons. The van der Waals surface area contributed by atoms with Crippen LogP contribution < -0.4 is 0 Å². The lowest BCUT2D eigenvalue weighted by molar-refractivity contribution is 0.0651. The Labute approximate surface area is 128 Å². The normalized spacial score (nSPS) is 7.64. The van der Waals surface area contributed by atoms with Crippen molar-refractivity contribution in [2.75, 3.05) is 0 Å². The van der Waals surface area contributed by atoms with Crippen LogP contribution in [0.15, 0.2) is 75.6 Å². The summed E-state index contributed by atoms with van der Waals surface area (Å²) in [4.78, 5) is 20.9. The van der Waals surface area contributed by atoms with Gasteiger partial charge in [-0.05, 0) is 12.1 Å². The third-order valence-electron chi connectivity index (χ3n) is 1.77. The first-order valence-corrected chi connectivity index (χ1v) is 5.76. The summed E-state index contributed by atoms with van der Waals surface area (Å²) in [6.07, 6.45) is 5.25. The molecule has 0 amide bonds. The molecule has 0 aliphatic heterocycles. The van der Waals surface area contributed by atoms with Gasteiger partial charge in [-0.15, -0.1) is 0 Å². The molecule has 6 heteroatoms. The maximum atomic E-state index is 10.5. The summed E-state index contributed by atoms with van der Waals surface area (Å²) in [5, 5.41) is 17.1. The summed E-state index contributed by atoms with van der Waals surface area (Å²) in [6, 6.07) is 5.48. The van der Waals surface area contributed by atoms with Crippen LogP contribution in [-0.4, -0.2) is 22.2 Å². The van der Waals surface area contributed by atoms with E-state index in [0.717, 1.165) is 0 Å². The van der Waals surface area contributed by atoms with E-state index in [1.807, 2.05) is 0 Å². The Morgan fingerprint density at radius 3 is 1.18 bits per heavy atom. The van der Waals surface area contributed by atoms with E-state index >= 15 is 0 Å². The lowest BCUT2D eigenvalue weighted by Gasteiger charge is -1.98. The monoisotopic (exact) mass is 306 g/mol. The molecule has 118 valence electrons. The van der Waals surface area contributed by atoms with Crippen LogP contribution in [0, 0.1) is 0 Å². The average Bonchev–Trinajstić information content (AvgIpc) is 2.50. The molecule has 0 spiro atoms. The lowest BCUT2D eigenvalue weighted by Crippen LogP contribution is -2.06. The minimum atomic E-state index is -1.23. The number of carbonyl (C=O) groups is 2. The van der Waals surface area contributed by atoms with Crippen LogP contribution in [0.25, 0.3) is 0 Å². The molecule has 0 aromatic heterocycles. The van der Waals surface area contributed by atoms with E-state index in [9.17, 15) is 9.59 Å². The summed E-state index contributed by atoms with van der Waals surface area (Å²) in [5.41, 5.74) is -0.380. The standard InChI is InChI=1S/C8H6O4.2C4H6O/c9-7(10)5-3-1-2-4-6(5)8(11)12;2*1-3-5-4-2/h1-4H,(H,9,10)(H,11,12);2*3-4H,1-2H2. The SMILES string of the molecule is C=COC=C.C=COC=C.O=C(O)c1ccccc1C(=O)O. The highest BCUT2D eigenvalue weighted by atomic mass is 16.5. The first kappa shape index (κ1) is 21.0. The van der Waals surface area contributed by atoms with Crippen molar-refractivity contribution in [3.05, 3.63) is 86.8 Å². The molecule has 2 N–H and O–H groups in total. The molecule has 1 aromatic carbocycles. The van der Waals surface area contributed by atoms with E-state index in [-0.39, 0.29) is 11.1 Å². The van der Waals surface area contributed by atoms with Gasteiger partial charge in [0.25, 0.3) is 0 Å². The van der Waals surface area contributed by atoms with Gasteiger partial charge >= 0.3 is 11.9 Å². The molecule has 6 nitrogen and oxygen atoms in total. The summed E-state index contributed by atoms with van der Waals surface area (Å²) >= 11 is 0. The topological polar surface area (TPSA) is 93.1 Å². The fraction of sp³-hybridized carbons (Fsp3) is 0. The molecule has 0 aliphatic carbocycles. The number of benzene rings is 1. The maximum absolute atomic E-state index is 10.5. The summed E-state index contributed by atoms with van der Waals surface area (Å²) in [7, 11) is 0. The molecule has 0 aliphatic rings. The zero-order chi connectivity index (χ0) is 17.4. The molecule has 1 aromatic rings. The molecule has 1 rings (SSSR count). The van der Waals surface area contributed by atoms with Crippen LogP contribution in [0.3, 0.4) is 0 Å². The van der Waals surface area contributed by atoms with Gasteiger partial charge in [0.2, 0.25) is 0 Å². The number of hydrogen-bond acceptors (Lipinski definition) is 4. The number of rotatable bonds is 6. The van der Waals surface area contributed by atoms with Crippen LogP contribution in [0.2, 0.25) is 0 Å². The zero-order valence-electron chi connectivity index (χ0n) is 12.0. The predicted octanol–water partition coefficient (Wildman–Crippen LogP) is 3.66. The first-order valence-electron chi connectivity index (χ1n) is 5.76. The highest BCUT2D eigenvalue weighted by Gasteiger charge is 2.13. The van der Waals surface area contributed by atoms with Crippen molar-refractivity contribution in [3.63, 3.8) is 0 Å². The summed E-state index contributed by atoms with van der Waals surface area (Å²) in [5.74, 6) is -2.46. The predicted molar refractivity (Wildman–Crippen MR) is 83.3 cm³/mol. The number of hydrogen-bond donors (Lipinski definition) is 2. The first-order chi connectivity index (χ1) is 10.5. The van der Waals surface area contributed by atoms with Crippen molar-refractivity contribution in [1.82, 2.24) is 0 Å². The number of carboxylic acids is 2. The Balaban J connectivity index is 0. The Kier molecular flexibility index (Phi) is 13.5. The second kappa shape index (κ2) is 14.1.